The third-order valence-corrected chi connectivity index (χ3v) is 7.19. The first kappa shape index (κ1) is 28.3. The number of anilines is 2. The number of nitrogens with one attached hydrogen (secondary N) is 2. The van der Waals surface area contributed by atoms with Crippen LogP contribution in [0.4, 0.5) is 11.6 Å². The van der Waals surface area contributed by atoms with Gasteiger partial charge in [0.1, 0.15) is 11.6 Å². The largest absolute Gasteiger partial charge is 0.364 e. The summed E-state index contributed by atoms with van der Waals surface area (Å²) in [6, 6.07) is 25.8. The van der Waals surface area contributed by atoms with Crippen molar-refractivity contribution in [1.82, 2.24) is 48.9 Å². The van der Waals surface area contributed by atoms with Gasteiger partial charge in [0.15, 0.2) is 11.3 Å². The van der Waals surface area contributed by atoms with Gasteiger partial charge in [0, 0.05) is 62.2 Å². The van der Waals surface area contributed by atoms with Crippen molar-refractivity contribution >= 4 is 22.9 Å². The molecule has 8 aromatic rings. The number of rotatable bonds is 8. The van der Waals surface area contributed by atoms with E-state index in [1.807, 2.05) is 114 Å². The highest BCUT2D eigenvalue weighted by atomic mass is 15.3. The summed E-state index contributed by atoms with van der Waals surface area (Å²) in [7, 11) is 1.89. The van der Waals surface area contributed by atoms with Crippen molar-refractivity contribution in [3.8, 4) is 22.5 Å². The summed E-state index contributed by atoms with van der Waals surface area (Å²) in [5, 5.41) is 20.1. The predicted molar refractivity (Wildman–Crippen MR) is 177 cm³/mol. The Bertz CT molecular complexity index is 2170. The van der Waals surface area contributed by atoms with E-state index in [4.69, 9.17) is 0 Å². The quantitative estimate of drug-likeness (QED) is 0.229. The van der Waals surface area contributed by atoms with Crippen LogP contribution in [0.3, 0.4) is 0 Å². The SMILES string of the molecule is Cn1cc(-c2cnc3ccc(NCc4cccnc4)nn23)cn1.c1ccc(-c2cnc3ccc(NCc4cccnc4)nn23)cc1. The summed E-state index contributed by atoms with van der Waals surface area (Å²) in [5.74, 6) is 1.58. The molecule has 7 aromatic heterocycles. The topological polar surface area (TPSA) is 128 Å². The minimum Gasteiger partial charge on any atom is -0.364 e. The molecule has 12 nitrogen and oxygen atoms in total. The Kier molecular flexibility index (Phi) is 8.05. The van der Waals surface area contributed by atoms with E-state index in [9.17, 15) is 0 Å². The molecule has 0 aliphatic carbocycles. The third-order valence-electron chi connectivity index (χ3n) is 7.19. The van der Waals surface area contributed by atoms with Crippen molar-refractivity contribution in [3.63, 3.8) is 0 Å². The van der Waals surface area contributed by atoms with Gasteiger partial charge >= 0.3 is 0 Å². The van der Waals surface area contributed by atoms with Crippen LogP contribution in [0.15, 0.2) is 128 Å². The molecule has 8 rings (SSSR count). The fourth-order valence-corrected chi connectivity index (χ4v) is 4.88. The van der Waals surface area contributed by atoms with Crippen LogP contribution in [-0.4, -0.2) is 48.9 Å². The Morgan fingerprint density at radius 1 is 0.565 bits per heavy atom. The number of hydrogen-bond acceptors (Lipinski definition) is 9. The predicted octanol–water partition coefficient (Wildman–Crippen LogP) is 5.54. The molecule has 0 saturated heterocycles. The highest BCUT2D eigenvalue weighted by Gasteiger charge is 2.10. The minimum absolute atomic E-state index is 0.670. The second kappa shape index (κ2) is 13.1. The second-order valence-electron chi connectivity index (χ2n) is 10.5. The van der Waals surface area contributed by atoms with Crippen molar-refractivity contribution in [2.75, 3.05) is 10.6 Å². The Labute approximate surface area is 264 Å². The second-order valence-corrected chi connectivity index (χ2v) is 10.5. The Morgan fingerprint density at radius 3 is 1.63 bits per heavy atom. The molecular weight excluding hydrogens is 576 g/mol. The van der Waals surface area contributed by atoms with Crippen molar-refractivity contribution in [2.24, 2.45) is 7.05 Å². The van der Waals surface area contributed by atoms with Crippen LogP contribution in [0.25, 0.3) is 33.8 Å². The Hall–Kier alpha value is -6.43. The maximum Gasteiger partial charge on any atom is 0.154 e. The van der Waals surface area contributed by atoms with E-state index in [0.717, 1.165) is 56.6 Å². The first-order valence-corrected chi connectivity index (χ1v) is 14.7. The average Bonchev–Trinajstić information content (AvgIpc) is 3.86. The molecule has 0 amide bonds. The molecule has 0 unspecified atom stereocenters. The summed E-state index contributed by atoms with van der Waals surface area (Å²) in [4.78, 5) is 17.0. The molecule has 1 aromatic carbocycles. The van der Waals surface area contributed by atoms with Gasteiger partial charge in [-0.15, -0.1) is 10.2 Å². The lowest BCUT2D eigenvalue weighted by Crippen LogP contribution is -2.04. The number of aryl methyl sites for hydroxylation is 1. The maximum atomic E-state index is 4.65. The third kappa shape index (κ3) is 6.40. The molecule has 0 radical (unpaired) electrons. The van der Waals surface area contributed by atoms with Crippen LogP contribution in [0.5, 0.6) is 0 Å². The lowest BCUT2D eigenvalue weighted by Gasteiger charge is -2.07. The first-order chi connectivity index (χ1) is 22.7. The molecule has 7 heterocycles. The van der Waals surface area contributed by atoms with E-state index < -0.39 is 0 Å². The Morgan fingerprint density at radius 2 is 1.13 bits per heavy atom. The van der Waals surface area contributed by atoms with Crippen LogP contribution >= 0.6 is 0 Å². The number of aromatic nitrogens is 10. The van der Waals surface area contributed by atoms with Gasteiger partial charge in [-0.05, 0) is 47.5 Å². The summed E-state index contributed by atoms with van der Waals surface area (Å²) in [6.07, 6.45) is 14.6. The smallest absolute Gasteiger partial charge is 0.154 e. The number of nitrogens with zero attached hydrogens (tertiary/aromatic N) is 10. The van der Waals surface area contributed by atoms with Gasteiger partial charge in [0.2, 0.25) is 0 Å². The number of fused-ring (bicyclic) bond motifs is 2. The Balaban J connectivity index is 0.000000147. The van der Waals surface area contributed by atoms with Crippen molar-refractivity contribution < 1.29 is 0 Å². The zero-order valence-electron chi connectivity index (χ0n) is 25.0. The van der Waals surface area contributed by atoms with E-state index in [1.165, 1.54) is 0 Å². The summed E-state index contributed by atoms with van der Waals surface area (Å²) >= 11 is 0. The number of pyridine rings is 2. The standard InChI is InChI=1S/C18H15N5.C16H15N7/c1-2-6-15(7-3-1)16-13-21-18-9-8-17(22-23(16)18)20-12-14-5-4-10-19-11-14;1-22-11-13(9-20-22)14-10-19-16-5-4-15(21-23(14)16)18-8-12-3-2-6-17-7-12/h1-11,13H,12H2,(H,20,22);2-7,9-11H,8H2,1H3,(H,18,21). The van der Waals surface area contributed by atoms with Gasteiger partial charge in [0.05, 0.1) is 30.0 Å². The molecule has 0 bridgehead atoms. The van der Waals surface area contributed by atoms with E-state index in [1.54, 1.807) is 23.3 Å². The van der Waals surface area contributed by atoms with Gasteiger partial charge < -0.3 is 10.6 Å². The van der Waals surface area contributed by atoms with Crippen molar-refractivity contribution in [3.05, 3.63) is 140 Å². The molecule has 0 spiro atoms. The lowest BCUT2D eigenvalue weighted by molar-refractivity contribution is 0.768. The number of benzene rings is 1. The average molecular weight is 607 g/mol. The molecular formula is C34H30N12. The van der Waals surface area contributed by atoms with Gasteiger partial charge in [-0.2, -0.15) is 5.10 Å². The van der Waals surface area contributed by atoms with Crippen LogP contribution in [0.1, 0.15) is 11.1 Å². The minimum atomic E-state index is 0.670. The molecule has 0 aliphatic heterocycles. The van der Waals surface area contributed by atoms with Crippen molar-refractivity contribution in [2.45, 2.75) is 13.1 Å². The number of imidazole rings is 2. The van der Waals surface area contributed by atoms with E-state index in [2.05, 4.69) is 58.0 Å². The van der Waals surface area contributed by atoms with Gasteiger partial charge in [-0.1, -0.05) is 42.5 Å². The molecule has 46 heavy (non-hydrogen) atoms. The molecule has 2 N–H and O–H groups in total. The normalized spacial score (nSPS) is 10.9. The fraction of sp³-hybridized carbons (Fsp3) is 0.0882. The highest BCUT2D eigenvalue weighted by molar-refractivity contribution is 5.64. The highest BCUT2D eigenvalue weighted by Crippen LogP contribution is 2.21. The van der Waals surface area contributed by atoms with Gasteiger partial charge in [0.25, 0.3) is 0 Å². The van der Waals surface area contributed by atoms with E-state index in [0.29, 0.717) is 13.1 Å². The van der Waals surface area contributed by atoms with Gasteiger partial charge in [-0.3, -0.25) is 14.6 Å². The van der Waals surface area contributed by atoms with Crippen LogP contribution in [0, 0.1) is 0 Å². The van der Waals surface area contributed by atoms with Crippen LogP contribution < -0.4 is 10.6 Å². The fourth-order valence-electron chi connectivity index (χ4n) is 4.88. The van der Waals surface area contributed by atoms with Crippen LogP contribution in [-0.2, 0) is 20.1 Å². The zero-order valence-corrected chi connectivity index (χ0v) is 25.0. The molecule has 226 valence electrons. The molecule has 12 heteroatoms. The number of hydrogen-bond donors (Lipinski definition) is 2. The first-order valence-electron chi connectivity index (χ1n) is 14.7. The molecule has 0 atom stereocenters. The summed E-state index contributed by atoms with van der Waals surface area (Å²) < 4.78 is 5.45. The maximum absolute atomic E-state index is 4.65. The van der Waals surface area contributed by atoms with E-state index >= 15 is 0 Å². The monoisotopic (exact) mass is 606 g/mol. The van der Waals surface area contributed by atoms with Crippen molar-refractivity contribution in [1.29, 1.82) is 0 Å². The molecule has 0 saturated carbocycles. The molecule has 0 fully saturated rings. The summed E-state index contributed by atoms with van der Waals surface area (Å²) in [6.45, 7) is 1.35. The van der Waals surface area contributed by atoms with Crippen LogP contribution in [0.2, 0.25) is 0 Å². The summed E-state index contributed by atoms with van der Waals surface area (Å²) in [5.41, 5.74) is 7.82. The zero-order chi connectivity index (χ0) is 31.1. The molecule has 0 aliphatic rings. The van der Waals surface area contributed by atoms with E-state index in [-0.39, 0.29) is 0 Å². The van der Waals surface area contributed by atoms with Gasteiger partial charge in [-0.25, -0.2) is 19.0 Å². The lowest BCUT2D eigenvalue weighted by atomic mass is 10.2.